The van der Waals surface area contributed by atoms with Crippen molar-refractivity contribution in [3.63, 3.8) is 0 Å². The summed E-state index contributed by atoms with van der Waals surface area (Å²) < 4.78 is 0. The van der Waals surface area contributed by atoms with Crippen LogP contribution in [0.3, 0.4) is 0 Å². The van der Waals surface area contributed by atoms with E-state index in [1.54, 1.807) is 41.3 Å². The molecule has 0 radical (unpaired) electrons. The second kappa shape index (κ2) is 11.1. The highest BCUT2D eigenvalue weighted by Gasteiger charge is 2.41. The highest BCUT2D eigenvalue weighted by Crippen LogP contribution is 2.38. The summed E-state index contributed by atoms with van der Waals surface area (Å²) in [5.74, 6) is -0.286. The van der Waals surface area contributed by atoms with E-state index in [4.69, 9.17) is 0 Å². The van der Waals surface area contributed by atoms with Crippen molar-refractivity contribution in [3.05, 3.63) is 78.9 Å². The number of H-pyrrole nitrogens is 1. The maximum Gasteiger partial charge on any atom is 0.320 e. The van der Waals surface area contributed by atoms with Gasteiger partial charge < -0.3 is 15.5 Å². The zero-order valence-corrected chi connectivity index (χ0v) is 21.5. The van der Waals surface area contributed by atoms with Crippen LogP contribution in [0.5, 0.6) is 0 Å². The van der Waals surface area contributed by atoms with Gasteiger partial charge in [-0.3, -0.25) is 14.5 Å². The molecule has 4 amide bonds. The number of nitrogens with zero attached hydrogens (tertiary/aromatic N) is 5. The second-order valence-electron chi connectivity index (χ2n) is 9.53. The minimum absolute atomic E-state index is 0.329. The van der Waals surface area contributed by atoms with Gasteiger partial charge in [-0.2, -0.15) is 0 Å². The highest BCUT2D eigenvalue weighted by molar-refractivity contribution is 6.24. The molecule has 1 aliphatic heterocycles. The summed E-state index contributed by atoms with van der Waals surface area (Å²) in [7, 11) is 0. The van der Waals surface area contributed by atoms with Crippen molar-refractivity contribution >= 4 is 40.6 Å². The topological polar surface area (TPSA) is 136 Å². The summed E-state index contributed by atoms with van der Waals surface area (Å²) in [5, 5.41) is 19.0. The molecule has 3 N–H and O–H groups in total. The Labute approximate surface area is 225 Å². The molecule has 198 valence electrons. The van der Waals surface area contributed by atoms with Crippen molar-refractivity contribution in [2.75, 3.05) is 21.7 Å². The van der Waals surface area contributed by atoms with Crippen LogP contribution in [0.4, 0.5) is 27.5 Å². The Morgan fingerprint density at radius 2 is 1.69 bits per heavy atom. The van der Waals surface area contributed by atoms with Gasteiger partial charge in [0.2, 0.25) is 0 Å². The van der Waals surface area contributed by atoms with Gasteiger partial charge in [-0.25, -0.2) is 9.89 Å². The lowest BCUT2D eigenvalue weighted by Gasteiger charge is -2.26. The van der Waals surface area contributed by atoms with Crippen LogP contribution in [-0.4, -0.2) is 51.1 Å². The fourth-order valence-electron chi connectivity index (χ4n) is 4.42. The van der Waals surface area contributed by atoms with E-state index >= 15 is 0 Å². The first-order valence-electron chi connectivity index (χ1n) is 12.6. The lowest BCUT2D eigenvalue weighted by Crippen LogP contribution is -2.55. The van der Waals surface area contributed by atoms with E-state index in [0.717, 1.165) is 6.42 Å². The first-order chi connectivity index (χ1) is 18.9. The monoisotopic (exact) mass is 524 g/mol. The predicted molar refractivity (Wildman–Crippen MR) is 147 cm³/mol. The first kappa shape index (κ1) is 25.6. The number of aromatic nitrogens is 4. The Bertz CT molecular complexity index is 1470. The summed E-state index contributed by atoms with van der Waals surface area (Å²) >= 11 is 0. The van der Waals surface area contributed by atoms with Crippen molar-refractivity contribution in [1.82, 2.24) is 25.9 Å². The third kappa shape index (κ3) is 5.47. The van der Waals surface area contributed by atoms with E-state index < -0.39 is 23.9 Å². The van der Waals surface area contributed by atoms with Crippen LogP contribution in [0.15, 0.2) is 78.9 Å². The number of hydrogen-bond donors (Lipinski definition) is 3. The third-order valence-corrected chi connectivity index (χ3v) is 6.35. The molecule has 1 atom stereocenters. The summed E-state index contributed by atoms with van der Waals surface area (Å²) in [6, 6.07) is 21.1. The van der Waals surface area contributed by atoms with Gasteiger partial charge in [-0.15, -0.1) is 5.10 Å². The average molecular weight is 525 g/mol. The minimum atomic E-state index is -1.45. The van der Waals surface area contributed by atoms with Gasteiger partial charge in [-0.1, -0.05) is 56.3 Å². The molecule has 0 bridgehead atoms. The number of benzene rings is 3. The number of amides is 4. The highest BCUT2D eigenvalue weighted by atomic mass is 16.2. The van der Waals surface area contributed by atoms with E-state index in [1.807, 2.05) is 42.5 Å². The molecular weight excluding hydrogens is 496 g/mol. The molecule has 0 fully saturated rings. The number of urea groups is 1. The van der Waals surface area contributed by atoms with E-state index in [0.29, 0.717) is 46.6 Å². The molecule has 11 nitrogen and oxygen atoms in total. The van der Waals surface area contributed by atoms with E-state index in [-0.39, 0.29) is 0 Å². The van der Waals surface area contributed by atoms with Gasteiger partial charge in [0.15, 0.2) is 11.9 Å². The number of nitrogens with one attached hydrogen (secondary N) is 3. The van der Waals surface area contributed by atoms with Gasteiger partial charge in [0.25, 0.3) is 11.8 Å². The number of carbonyl (C=O) groups excluding carboxylic acids is 3. The van der Waals surface area contributed by atoms with Crippen LogP contribution in [0, 0.1) is 5.92 Å². The molecule has 0 spiro atoms. The smallest absolute Gasteiger partial charge is 0.318 e. The summed E-state index contributed by atoms with van der Waals surface area (Å²) in [5.41, 5.74) is 2.87. The number of carbonyl (C=O) groups is 3. The van der Waals surface area contributed by atoms with E-state index in [9.17, 15) is 14.4 Å². The molecule has 3 aromatic carbocycles. The zero-order valence-electron chi connectivity index (χ0n) is 21.5. The molecule has 1 aliphatic rings. The number of hydrogen-bond acceptors (Lipinski definition) is 6. The molecule has 2 heterocycles. The number of anilines is 4. The fraction of sp³-hybridized carbons (Fsp3) is 0.214. The van der Waals surface area contributed by atoms with Gasteiger partial charge >= 0.3 is 6.03 Å². The predicted octanol–water partition coefficient (Wildman–Crippen LogP) is 4.11. The van der Waals surface area contributed by atoms with Gasteiger partial charge in [0.05, 0.1) is 11.4 Å². The molecule has 0 saturated heterocycles. The van der Waals surface area contributed by atoms with Gasteiger partial charge in [-0.05, 0) is 59.2 Å². The third-order valence-electron chi connectivity index (χ3n) is 6.35. The molecule has 39 heavy (non-hydrogen) atoms. The Morgan fingerprint density at radius 3 is 2.41 bits per heavy atom. The quantitative estimate of drug-likeness (QED) is 0.311. The van der Waals surface area contributed by atoms with Crippen molar-refractivity contribution in [1.29, 1.82) is 0 Å². The van der Waals surface area contributed by atoms with Crippen LogP contribution >= 0.6 is 0 Å². The molecule has 1 unspecified atom stereocenters. The maximum absolute atomic E-state index is 14.0. The Hall–Kier alpha value is -5.06. The van der Waals surface area contributed by atoms with Gasteiger partial charge in [0.1, 0.15) is 0 Å². The molecule has 0 aliphatic carbocycles. The summed E-state index contributed by atoms with van der Waals surface area (Å²) in [6.07, 6.45) is 0.724. The normalized spacial score (nSPS) is 15.2. The average Bonchev–Trinajstić information content (AvgIpc) is 3.46. The minimum Gasteiger partial charge on any atom is -0.318 e. The second-order valence-corrected chi connectivity index (χ2v) is 9.53. The van der Waals surface area contributed by atoms with Crippen molar-refractivity contribution in [3.8, 4) is 11.4 Å². The largest absolute Gasteiger partial charge is 0.320 e. The Balaban J connectivity index is 1.47. The van der Waals surface area contributed by atoms with Crippen LogP contribution in [0.1, 0.15) is 20.3 Å². The molecular formula is C28H28N8O3. The lowest BCUT2D eigenvalue weighted by atomic mass is 10.1. The van der Waals surface area contributed by atoms with Crippen molar-refractivity contribution in [2.24, 2.45) is 5.92 Å². The number of aromatic amines is 1. The molecule has 0 saturated carbocycles. The zero-order chi connectivity index (χ0) is 27.4. The number of fused-ring (bicyclic) bond motifs is 1. The van der Waals surface area contributed by atoms with Crippen LogP contribution in [0.25, 0.3) is 11.4 Å². The maximum atomic E-state index is 14.0. The van der Waals surface area contributed by atoms with E-state index in [2.05, 4.69) is 45.1 Å². The molecule has 11 heteroatoms. The summed E-state index contributed by atoms with van der Waals surface area (Å²) in [4.78, 5) is 44.2. The number of para-hydroxylation sites is 3. The standard InChI is InChI=1S/C28H28N8O3/c1-18(2)15-16-35-22-13-6-7-14-23(22)36(21-11-4-3-5-12-21)27(38)24(26(35)37)30-28(39)29-20-10-8-9-19(17-20)25-31-33-34-32-25/h3-14,17-18,24H,15-16H2,1-2H3,(H2,29,30,39)(H,31,32,33,34). The van der Waals surface area contributed by atoms with Crippen LogP contribution in [0.2, 0.25) is 0 Å². The first-order valence-corrected chi connectivity index (χ1v) is 12.6. The van der Waals surface area contributed by atoms with Crippen LogP contribution < -0.4 is 20.4 Å². The number of tetrazole rings is 1. The van der Waals surface area contributed by atoms with Gasteiger partial charge in [0, 0.05) is 23.5 Å². The van der Waals surface area contributed by atoms with Crippen molar-refractivity contribution in [2.45, 2.75) is 26.3 Å². The van der Waals surface area contributed by atoms with Crippen molar-refractivity contribution < 1.29 is 14.4 Å². The fourth-order valence-corrected chi connectivity index (χ4v) is 4.42. The Kier molecular flexibility index (Phi) is 7.30. The number of rotatable bonds is 7. The van der Waals surface area contributed by atoms with Crippen LogP contribution in [-0.2, 0) is 9.59 Å². The van der Waals surface area contributed by atoms with E-state index in [1.165, 1.54) is 4.90 Å². The molecule has 5 rings (SSSR count). The summed E-state index contributed by atoms with van der Waals surface area (Å²) in [6.45, 7) is 4.54. The SMILES string of the molecule is CC(C)CCN1C(=O)C(NC(=O)Nc2cccc(-c3nnn[nH]3)c2)C(=O)N(c2ccccc2)c2ccccc21. The molecule has 1 aromatic heterocycles. The lowest BCUT2D eigenvalue weighted by molar-refractivity contribution is -0.128. The molecule has 4 aromatic rings. The Morgan fingerprint density at radius 1 is 0.949 bits per heavy atom.